The number of allylic oxidation sites excluding steroid dienone is 4. The molecule has 0 N–H and O–H groups in total. The summed E-state index contributed by atoms with van der Waals surface area (Å²) in [6.07, 6.45) is 23.7. The highest BCUT2D eigenvalue weighted by molar-refractivity contribution is 7.79. The van der Waals surface area contributed by atoms with E-state index in [0.717, 1.165) is 11.8 Å². The van der Waals surface area contributed by atoms with Crippen LogP contribution in [0.5, 0.6) is 0 Å². The molecule has 3 aliphatic rings. The van der Waals surface area contributed by atoms with Crippen LogP contribution in [0.4, 0.5) is 0 Å². The summed E-state index contributed by atoms with van der Waals surface area (Å²) in [5, 5.41) is 0. The molecule has 0 aromatic heterocycles. The second kappa shape index (κ2) is 13.9. The van der Waals surface area contributed by atoms with E-state index in [4.69, 9.17) is 0 Å². The molecule has 0 nitrogen and oxygen atoms in total. The lowest BCUT2D eigenvalue weighted by Crippen LogP contribution is -2.32. The van der Waals surface area contributed by atoms with Gasteiger partial charge in [0.1, 0.15) is 0 Å². The van der Waals surface area contributed by atoms with Gasteiger partial charge in [-0.2, -0.15) is 12.6 Å². The molecule has 3 unspecified atom stereocenters. The van der Waals surface area contributed by atoms with Gasteiger partial charge in [-0.3, -0.25) is 0 Å². The third-order valence-corrected chi connectivity index (χ3v) is 6.68. The highest BCUT2D eigenvalue weighted by Gasteiger charge is 2.48. The van der Waals surface area contributed by atoms with Gasteiger partial charge in [0, 0.05) is 0 Å². The molecule has 3 saturated carbocycles. The van der Waals surface area contributed by atoms with Crippen molar-refractivity contribution < 1.29 is 0 Å². The van der Waals surface area contributed by atoms with Gasteiger partial charge in [0.15, 0.2) is 0 Å². The fourth-order valence-electron chi connectivity index (χ4n) is 5.41. The molecular weight excluding hydrogens is 332 g/mol. The monoisotopic (exact) mass is 380 g/mol. The second-order valence-corrected chi connectivity index (χ2v) is 8.43. The molecule has 3 rings (SSSR count). The Hall–Kier alpha value is -0.170. The van der Waals surface area contributed by atoms with Crippen LogP contribution in [0.25, 0.3) is 0 Å². The van der Waals surface area contributed by atoms with Crippen molar-refractivity contribution in [3.8, 4) is 0 Å². The molecule has 0 aromatic rings. The Labute approximate surface area is 171 Å². The van der Waals surface area contributed by atoms with Gasteiger partial charge in [0.05, 0.1) is 0 Å². The first-order chi connectivity index (χ1) is 12.2. The van der Waals surface area contributed by atoms with Crippen molar-refractivity contribution in [1.29, 1.82) is 0 Å². The smallest absolute Gasteiger partial charge is 0.0143 e. The van der Waals surface area contributed by atoms with Gasteiger partial charge in [-0.1, -0.05) is 77.7 Å². The van der Waals surface area contributed by atoms with Crippen molar-refractivity contribution in [2.75, 3.05) is 6.26 Å². The minimum absolute atomic E-state index is 0. The van der Waals surface area contributed by atoms with Crippen LogP contribution in [0.15, 0.2) is 23.3 Å². The number of hydrogen-bond donors (Lipinski definition) is 1. The van der Waals surface area contributed by atoms with Crippen molar-refractivity contribution in [3.05, 3.63) is 23.3 Å². The summed E-state index contributed by atoms with van der Waals surface area (Å²) in [4.78, 5) is 0. The zero-order valence-electron chi connectivity index (χ0n) is 17.7. The van der Waals surface area contributed by atoms with Crippen LogP contribution in [0.1, 0.15) is 112 Å². The van der Waals surface area contributed by atoms with E-state index in [1.165, 1.54) is 77.0 Å². The summed E-state index contributed by atoms with van der Waals surface area (Å²) in [7, 11) is 0. The minimum atomic E-state index is 0. The average molecular weight is 381 g/mol. The Morgan fingerprint density at radius 2 is 1.54 bits per heavy atom. The van der Waals surface area contributed by atoms with Crippen LogP contribution in [0.3, 0.4) is 0 Å². The van der Waals surface area contributed by atoms with E-state index in [1.807, 2.05) is 0 Å². The average Bonchev–Trinajstić information content (AvgIpc) is 3.00. The molecule has 0 spiro atoms. The van der Waals surface area contributed by atoms with Crippen molar-refractivity contribution in [1.82, 2.24) is 0 Å². The SMILES string of the molecule is C.CCC.CCC1CCC2/C(=C/C=C3CCCCC3)CCCC12C.CS. The summed E-state index contributed by atoms with van der Waals surface area (Å²) in [5.74, 6) is 1.89. The van der Waals surface area contributed by atoms with Gasteiger partial charge in [-0.25, -0.2) is 0 Å². The van der Waals surface area contributed by atoms with E-state index in [2.05, 4.69) is 52.5 Å². The normalized spacial score (nSPS) is 31.6. The van der Waals surface area contributed by atoms with E-state index in [0.29, 0.717) is 5.41 Å². The summed E-state index contributed by atoms with van der Waals surface area (Å²) in [6.45, 7) is 9.25. The Balaban J connectivity index is 0.000000949. The van der Waals surface area contributed by atoms with E-state index in [-0.39, 0.29) is 7.43 Å². The number of thiol groups is 1. The van der Waals surface area contributed by atoms with E-state index in [9.17, 15) is 0 Å². The minimum Gasteiger partial charge on any atom is -0.183 e. The summed E-state index contributed by atoms with van der Waals surface area (Å²) >= 11 is 3.53. The number of hydrogen-bond acceptors (Lipinski definition) is 1. The maximum absolute atomic E-state index is 3.53. The standard InChI is InChI=1S/C20H32.C3H8.CH4S.CH4/c1-3-18-13-14-19-17(10-7-15-20(18,19)2)12-11-16-8-5-4-6-9-16;1-3-2;1-2;/h11-12,18-19H,3-10,13-15H2,1-2H3;3H2,1-2H3;2H,1H3;1H4/b17-12+;;;. The highest BCUT2D eigenvalue weighted by Crippen LogP contribution is 2.58. The lowest BCUT2D eigenvalue weighted by molar-refractivity contribution is 0.133. The van der Waals surface area contributed by atoms with Crippen LogP contribution in [0.2, 0.25) is 0 Å². The predicted molar refractivity (Wildman–Crippen MR) is 125 cm³/mol. The molecule has 0 heterocycles. The first kappa shape index (κ1) is 25.8. The van der Waals surface area contributed by atoms with Gasteiger partial charge in [0.25, 0.3) is 0 Å². The zero-order chi connectivity index (χ0) is 18.7. The third-order valence-electron chi connectivity index (χ3n) is 6.68. The summed E-state index contributed by atoms with van der Waals surface area (Å²) < 4.78 is 0. The Morgan fingerprint density at radius 1 is 0.923 bits per heavy atom. The molecule has 0 aliphatic heterocycles. The van der Waals surface area contributed by atoms with E-state index in [1.54, 1.807) is 17.4 Å². The van der Waals surface area contributed by atoms with Gasteiger partial charge in [-0.15, -0.1) is 0 Å². The Bertz CT molecular complexity index is 412. The van der Waals surface area contributed by atoms with Gasteiger partial charge >= 0.3 is 0 Å². The highest BCUT2D eigenvalue weighted by atomic mass is 32.1. The van der Waals surface area contributed by atoms with Crippen molar-refractivity contribution in [2.24, 2.45) is 17.3 Å². The van der Waals surface area contributed by atoms with Crippen LogP contribution in [-0.2, 0) is 0 Å². The molecule has 3 aliphatic carbocycles. The molecule has 0 aromatic carbocycles. The lowest BCUT2D eigenvalue weighted by Gasteiger charge is -2.42. The fraction of sp³-hybridized carbons (Fsp3) is 0.840. The molecule has 3 atom stereocenters. The van der Waals surface area contributed by atoms with Gasteiger partial charge in [-0.05, 0) is 81.3 Å². The first-order valence-electron chi connectivity index (χ1n) is 11.0. The maximum Gasteiger partial charge on any atom is -0.0143 e. The molecular formula is C25H48S. The summed E-state index contributed by atoms with van der Waals surface area (Å²) in [5.41, 5.74) is 4.15. The van der Waals surface area contributed by atoms with Crippen LogP contribution in [-0.4, -0.2) is 6.26 Å². The molecule has 26 heavy (non-hydrogen) atoms. The van der Waals surface area contributed by atoms with Crippen molar-refractivity contribution >= 4 is 12.6 Å². The fourth-order valence-corrected chi connectivity index (χ4v) is 5.41. The largest absolute Gasteiger partial charge is 0.183 e. The first-order valence-corrected chi connectivity index (χ1v) is 11.9. The number of fused-ring (bicyclic) bond motifs is 1. The number of rotatable bonds is 2. The maximum atomic E-state index is 3.53. The predicted octanol–water partition coefficient (Wildman–Crippen LogP) is 9.03. The molecule has 1 heteroatoms. The van der Waals surface area contributed by atoms with Crippen LogP contribution in [0, 0.1) is 17.3 Å². The molecule has 0 bridgehead atoms. The molecule has 0 saturated heterocycles. The lowest BCUT2D eigenvalue weighted by atomic mass is 9.63. The topological polar surface area (TPSA) is 0 Å². The molecule has 154 valence electrons. The van der Waals surface area contributed by atoms with Crippen molar-refractivity contribution in [2.45, 2.75) is 112 Å². The van der Waals surface area contributed by atoms with Gasteiger partial charge < -0.3 is 0 Å². The van der Waals surface area contributed by atoms with Crippen molar-refractivity contribution in [3.63, 3.8) is 0 Å². The molecule has 3 fully saturated rings. The Kier molecular flexibility index (Phi) is 13.8. The van der Waals surface area contributed by atoms with E-state index < -0.39 is 0 Å². The molecule has 0 amide bonds. The van der Waals surface area contributed by atoms with Crippen LogP contribution < -0.4 is 0 Å². The second-order valence-electron chi connectivity index (χ2n) is 8.43. The summed E-state index contributed by atoms with van der Waals surface area (Å²) in [6, 6.07) is 0. The third kappa shape index (κ3) is 6.77. The van der Waals surface area contributed by atoms with Crippen LogP contribution >= 0.6 is 12.6 Å². The zero-order valence-corrected chi connectivity index (χ0v) is 18.6. The Morgan fingerprint density at radius 3 is 2.12 bits per heavy atom. The van der Waals surface area contributed by atoms with Gasteiger partial charge in [0.2, 0.25) is 0 Å². The van der Waals surface area contributed by atoms with E-state index >= 15 is 0 Å². The quantitative estimate of drug-likeness (QED) is 0.454. The molecule has 0 radical (unpaired) electrons.